The fourth-order valence-corrected chi connectivity index (χ4v) is 0.937. The number of amides is 1. The van der Waals surface area contributed by atoms with Gasteiger partial charge in [-0.1, -0.05) is 0 Å². The molecule has 0 saturated heterocycles. The molecule has 5 heteroatoms. The molecule has 0 fully saturated rings. The Morgan fingerprint density at radius 3 is 2.85 bits per heavy atom. The lowest BCUT2D eigenvalue weighted by molar-refractivity contribution is -0.118. The first-order chi connectivity index (χ1) is 6.15. The van der Waals surface area contributed by atoms with E-state index in [-0.39, 0.29) is 12.1 Å². The summed E-state index contributed by atoms with van der Waals surface area (Å²) in [6.45, 7) is -0.208. The molecular weight excluding hydrogens is 172 g/mol. The SMILES string of the molecule is NC(=O)Cn1cccc(C=O)c1=O. The molecule has 0 bridgehead atoms. The van der Waals surface area contributed by atoms with Crippen LogP contribution in [-0.4, -0.2) is 16.8 Å². The molecule has 1 aromatic heterocycles. The van der Waals surface area contributed by atoms with Crippen LogP contribution in [0.1, 0.15) is 10.4 Å². The van der Waals surface area contributed by atoms with Crippen molar-refractivity contribution in [1.82, 2.24) is 4.57 Å². The molecule has 5 nitrogen and oxygen atoms in total. The molecule has 0 saturated carbocycles. The number of nitrogens with two attached hydrogens (primary N) is 1. The lowest BCUT2D eigenvalue weighted by Gasteiger charge is -2.01. The molecule has 0 aliphatic rings. The second-order valence-electron chi connectivity index (χ2n) is 2.48. The number of carbonyl (C=O) groups excluding carboxylic acids is 2. The summed E-state index contributed by atoms with van der Waals surface area (Å²) in [6, 6.07) is 2.89. The van der Waals surface area contributed by atoms with Gasteiger partial charge in [0.05, 0.1) is 5.56 Å². The van der Waals surface area contributed by atoms with E-state index >= 15 is 0 Å². The summed E-state index contributed by atoms with van der Waals surface area (Å²) in [5.74, 6) is -0.620. The van der Waals surface area contributed by atoms with Crippen LogP contribution in [0.3, 0.4) is 0 Å². The van der Waals surface area contributed by atoms with Crippen molar-refractivity contribution in [2.75, 3.05) is 0 Å². The van der Waals surface area contributed by atoms with E-state index < -0.39 is 11.5 Å². The van der Waals surface area contributed by atoms with Crippen LogP contribution in [-0.2, 0) is 11.3 Å². The van der Waals surface area contributed by atoms with Gasteiger partial charge in [-0.05, 0) is 12.1 Å². The number of hydrogen-bond acceptors (Lipinski definition) is 3. The minimum absolute atomic E-state index is 0.0174. The van der Waals surface area contributed by atoms with Crippen molar-refractivity contribution in [1.29, 1.82) is 0 Å². The summed E-state index contributed by atoms with van der Waals surface area (Å²) in [6.07, 6.45) is 1.85. The first-order valence-electron chi connectivity index (χ1n) is 3.58. The van der Waals surface area contributed by atoms with Gasteiger partial charge < -0.3 is 10.3 Å². The molecule has 13 heavy (non-hydrogen) atoms. The minimum Gasteiger partial charge on any atom is -0.368 e. The molecular formula is C8H8N2O3. The minimum atomic E-state index is -0.620. The number of hydrogen-bond donors (Lipinski definition) is 1. The number of aromatic nitrogens is 1. The van der Waals surface area contributed by atoms with Gasteiger partial charge in [-0.3, -0.25) is 14.4 Å². The average Bonchev–Trinajstić information content (AvgIpc) is 2.08. The van der Waals surface area contributed by atoms with E-state index in [9.17, 15) is 14.4 Å². The van der Waals surface area contributed by atoms with Crippen molar-refractivity contribution in [2.45, 2.75) is 6.54 Å². The molecule has 1 amide bonds. The van der Waals surface area contributed by atoms with E-state index in [0.717, 1.165) is 4.57 Å². The number of nitrogens with zero attached hydrogens (tertiary/aromatic N) is 1. The highest BCUT2D eigenvalue weighted by Gasteiger charge is 2.03. The molecule has 2 N–H and O–H groups in total. The highest BCUT2D eigenvalue weighted by molar-refractivity contribution is 5.75. The lowest BCUT2D eigenvalue weighted by atomic mass is 10.3. The summed E-state index contributed by atoms with van der Waals surface area (Å²) in [5.41, 5.74) is 4.41. The summed E-state index contributed by atoms with van der Waals surface area (Å²) < 4.78 is 1.09. The monoisotopic (exact) mass is 180 g/mol. The van der Waals surface area contributed by atoms with E-state index in [4.69, 9.17) is 5.73 Å². The van der Waals surface area contributed by atoms with Gasteiger partial charge in [0.15, 0.2) is 6.29 Å². The number of carbonyl (C=O) groups is 2. The summed E-state index contributed by atoms with van der Waals surface area (Å²) in [5, 5.41) is 0. The third-order valence-electron chi connectivity index (χ3n) is 1.50. The predicted octanol–water partition coefficient (Wildman–Crippen LogP) is -0.854. The normalized spacial score (nSPS) is 9.54. The van der Waals surface area contributed by atoms with Crippen molar-refractivity contribution in [2.24, 2.45) is 5.73 Å². The molecule has 0 atom stereocenters. The Hall–Kier alpha value is -1.91. The maximum Gasteiger partial charge on any atom is 0.261 e. The second kappa shape index (κ2) is 3.66. The Bertz CT molecular complexity index is 395. The fourth-order valence-electron chi connectivity index (χ4n) is 0.937. The maximum atomic E-state index is 11.3. The Labute approximate surface area is 73.8 Å². The molecule has 1 rings (SSSR count). The number of pyridine rings is 1. The zero-order valence-electron chi connectivity index (χ0n) is 6.77. The zero-order chi connectivity index (χ0) is 9.84. The third kappa shape index (κ3) is 2.02. The van der Waals surface area contributed by atoms with E-state index in [1.807, 2.05) is 0 Å². The molecule has 0 aliphatic heterocycles. The van der Waals surface area contributed by atoms with E-state index in [2.05, 4.69) is 0 Å². The van der Waals surface area contributed by atoms with Gasteiger partial charge in [-0.15, -0.1) is 0 Å². The predicted molar refractivity (Wildman–Crippen MR) is 45.3 cm³/mol. The molecule has 68 valence electrons. The molecule has 1 heterocycles. The number of aldehydes is 1. The molecule has 0 unspecified atom stereocenters. The Balaban J connectivity index is 3.16. The van der Waals surface area contributed by atoms with E-state index in [1.165, 1.54) is 18.3 Å². The van der Waals surface area contributed by atoms with Gasteiger partial charge in [-0.25, -0.2) is 0 Å². The summed E-state index contributed by atoms with van der Waals surface area (Å²) in [4.78, 5) is 32.1. The van der Waals surface area contributed by atoms with Crippen LogP contribution >= 0.6 is 0 Å². The number of rotatable bonds is 3. The molecule has 0 radical (unpaired) electrons. The first kappa shape index (κ1) is 9.18. The quantitative estimate of drug-likeness (QED) is 0.615. The summed E-state index contributed by atoms with van der Waals surface area (Å²) >= 11 is 0. The molecule has 0 aromatic carbocycles. The standard InChI is InChI=1S/C8H8N2O3/c9-7(12)4-10-3-1-2-6(5-11)8(10)13/h1-3,5H,4H2,(H2,9,12). The second-order valence-corrected chi connectivity index (χ2v) is 2.48. The topological polar surface area (TPSA) is 82.2 Å². The Kier molecular flexibility index (Phi) is 2.59. The van der Waals surface area contributed by atoms with Crippen LogP contribution in [0, 0.1) is 0 Å². The van der Waals surface area contributed by atoms with Gasteiger partial charge in [0.1, 0.15) is 6.54 Å². The largest absolute Gasteiger partial charge is 0.368 e. The average molecular weight is 180 g/mol. The van der Waals surface area contributed by atoms with Crippen molar-refractivity contribution in [3.8, 4) is 0 Å². The van der Waals surface area contributed by atoms with E-state index in [1.54, 1.807) is 0 Å². The van der Waals surface area contributed by atoms with Gasteiger partial charge in [0.2, 0.25) is 5.91 Å². The number of primary amides is 1. The van der Waals surface area contributed by atoms with Crippen LogP contribution in [0.2, 0.25) is 0 Å². The summed E-state index contributed by atoms with van der Waals surface area (Å²) in [7, 11) is 0. The van der Waals surface area contributed by atoms with Crippen LogP contribution in [0.25, 0.3) is 0 Å². The Morgan fingerprint density at radius 2 is 2.31 bits per heavy atom. The third-order valence-corrected chi connectivity index (χ3v) is 1.50. The highest BCUT2D eigenvalue weighted by Crippen LogP contribution is 1.87. The highest BCUT2D eigenvalue weighted by atomic mass is 16.2. The van der Waals surface area contributed by atoms with Crippen LogP contribution < -0.4 is 11.3 Å². The zero-order valence-corrected chi connectivity index (χ0v) is 6.77. The van der Waals surface area contributed by atoms with Crippen LogP contribution in [0.5, 0.6) is 0 Å². The molecule has 0 aliphatic carbocycles. The molecule has 1 aromatic rings. The van der Waals surface area contributed by atoms with Crippen LogP contribution in [0.4, 0.5) is 0 Å². The van der Waals surface area contributed by atoms with Crippen molar-refractivity contribution in [3.63, 3.8) is 0 Å². The van der Waals surface area contributed by atoms with E-state index in [0.29, 0.717) is 6.29 Å². The van der Waals surface area contributed by atoms with Gasteiger partial charge >= 0.3 is 0 Å². The first-order valence-corrected chi connectivity index (χ1v) is 3.58. The molecule has 0 spiro atoms. The van der Waals surface area contributed by atoms with Crippen molar-refractivity contribution < 1.29 is 9.59 Å². The van der Waals surface area contributed by atoms with Gasteiger partial charge in [0, 0.05) is 6.20 Å². The lowest BCUT2D eigenvalue weighted by Crippen LogP contribution is -2.29. The van der Waals surface area contributed by atoms with Crippen molar-refractivity contribution in [3.05, 3.63) is 34.2 Å². The maximum absolute atomic E-state index is 11.3. The Morgan fingerprint density at radius 1 is 1.62 bits per heavy atom. The van der Waals surface area contributed by atoms with Gasteiger partial charge in [0.25, 0.3) is 5.56 Å². The van der Waals surface area contributed by atoms with Crippen molar-refractivity contribution >= 4 is 12.2 Å². The fraction of sp³-hybridized carbons (Fsp3) is 0.125. The smallest absolute Gasteiger partial charge is 0.261 e. The van der Waals surface area contributed by atoms with Crippen LogP contribution in [0.15, 0.2) is 23.1 Å². The van der Waals surface area contributed by atoms with Gasteiger partial charge in [-0.2, -0.15) is 0 Å².